The Bertz CT molecular complexity index is 852. The number of hydrazone groups is 1. The van der Waals surface area contributed by atoms with Crippen molar-refractivity contribution in [2.24, 2.45) is 5.10 Å². The number of nitrogens with one attached hydrogen (secondary N) is 2. The summed E-state index contributed by atoms with van der Waals surface area (Å²) in [6.45, 7) is 1.51. The van der Waals surface area contributed by atoms with Gasteiger partial charge in [0.15, 0.2) is 6.10 Å². The fourth-order valence-electron chi connectivity index (χ4n) is 2.08. The Kier molecular flexibility index (Phi) is 6.30. The van der Waals surface area contributed by atoms with Crippen molar-refractivity contribution in [1.29, 1.82) is 0 Å². The minimum atomic E-state index is -5.00. The number of halogens is 3. The number of hydrogen-bond acceptors (Lipinski definition) is 4. The first-order valence-corrected chi connectivity index (χ1v) is 7.74. The molecule has 27 heavy (non-hydrogen) atoms. The smallest absolute Gasteiger partial charge is 0.378 e. The number of alkyl halides is 3. The highest BCUT2D eigenvalue weighted by molar-refractivity contribution is 6.01. The summed E-state index contributed by atoms with van der Waals surface area (Å²) in [4.78, 5) is 22.9. The van der Waals surface area contributed by atoms with Gasteiger partial charge in [0.1, 0.15) is 0 Å². The van der Waals surface area contributed by atoms with Crippen LogP contribution in [0.2, 0.25) is 0 Å². The molecule has 0 spiro atoms. The number of hydrogen-bond donors (Lipinski definition) is 3. The molecule has 1 unspecified atom stereocenters. The Morgan fingerprint density at radius 3 is 2.37 bits per heavy atom. The van der Waals surface area contributed by atoms with Crippen molar-refractivity contribution >= 4 is 23.2 Å². The van der Waals surface area contributed by atoms with E-state index in [1.54, 1.807) is 41.7 Å². The number of carbonyl (C=O) groups excluding carboxylic acids is 2. The van der Waals surface area contributed by atoms with E-state index in [0.717, 1.165) is 0 Å². The molecule has 9 heteroatoms. The van der Waals surface area contributed by atoms with E-state index in [2.05, 4.69) is 10.5 Å². The third-order valence-corrected chi connectivity index (χ3v) is 3.49. The molecule has 6 nitrogen and oxygen atoms in total. The standard InChI is InChI=1S/C18H16F3N3O3/c1-11(23-24-16(26)15(25)12-6-3-2-4-7-12)13-8-5-9-14(10-13)22-17(27)18(19,20)21/h2-10,15,25H,1H3,(H,22,27)(H,24,26). The minimum absolute atomic E-state index is 0.0694. The Balaban J connectivity index is 2.06. The van der Waals surface area contributed by atoms with Gasteiger partial charge in [-0.2, -0.15) is 18.3 Å². The lowest BCUT2D eigenvalue weighted by atomic mass is 10.1. The van der Waals surface area contributed by atoms with Crippen molar-refractivity contribution in [3.05, 3.63) is 65.7 Å². The molecule has 2 rings (SSSR count). The van der Waals surface area contributed by atoms with Crippen LogP contribution in [0.1, 0.15) is 24.2 Å². The van der Waals surface area contributed by atoms with E-state index in [1.807, 2.05) is 0 Å². The summed E-state index contributed by atoms with van der Waals surface area (Å²) in [6, 6.07) is 13.8. The van der Waals surface area contributed by atoms with Crippen molar-refractivity contribution in [2.45, 2.75) is 19.2 Å². The number of amides is 2. The minimum Gasteiger partial charge on any atom is -0.378 e. The zero-order valence-corrected chi connectivity index (χ0v) is 14.1. The Morgan fingerprint density at radius 2 is 1.74 bits per heavy atom. The molecule has 0 aliphatic rings. The summed E-state index contributed by atoms with van der Waals surface area (Å²) in [5.41, 5.74) is 3.16. The van der Waals surface area contributed by atoms with Crippen molar-refractivity contribution in [2.75, 3.05) is 5.32 Å². The molecule has 2 aromatic rings. The molecule has 1 atom stereocenters. The number of rotatable bonds is 5. The first-order valence-electron chi connectivity index (χ1n) is 7.74. The van der Waals surface area contributed by atoms with Gasteiger partial charge in [0.2, 0.25) is 0 Å². The predicted octanol–water partition coefficient (Wildman–Crippen LogP) is 2.76. The van der Waals surface area contributed by atoms with Gasteiger partial charge in [-0.1, -0.05) is 42.5 Å². The van der Waals surface area contributed by atoms with Crippen LogP contribution in [0.5, 0.6) is 0 Å². The molecule has 0 saturated carbocycles. The van der Waals surface area contributed by atoms with Crippen LogP contribution in [0.4, 0.5) is 18.9 Å². The lowest BCUT2D eigenvalue weighted by Crippen LogP contribution is -2.30. The van der Waals surface area contributed by atoms with Gasteiger partial charge in [0, 0.05) is 5.69 Å². The van der Waals surface area contributed by atoms with E-state index in [-0.39, 0.29) is 11.4 Å². The zero-order chi connectivity index (χ0) is 20.0. The molecular weight excluding hydrogens is 363 g/mol. The summed E-state index contributed by atoms with van der Waals surface area (Å²) in [6.07, 6.45) is -6.42. The van der Waals surface area contributed by atoms with Gasteiger partial charge in [-0.05, 0) is 30.2 Å². The van der Waals surface area contributed by atoms with Crippen LogP contribution < -0.4 is 10.7 Å². The molecule has 0 aromatic heterocycles. The summed E-state index contributed by atoms with van der Waals surface area (Å²) in [5.74, 6) is -2.85. The molecule has 2 aromatic carbocycles. The first-order chi connectivity index (χ1) is 12.7. The van der Waals surface area contributed by atoms with Crippen molar-refractivity contribution in [1.82, 2.24) is 5.43 Å². The summed E-state index contributed by atoms with van der Waals surface area (Å²) < 4.78 is 36.9. The van der Waals surface area contributed by atoms with Crippen LogP contribution in [0, 0.1) is 0 Å². The fraction of sp³-hybridized carbons (Fsp3) is 0.167. The van der Waals surface area contributed by atoms with E-state index in [0.29, 0.717) is 11.1 Å². The average molecular weight is 379 g/mol. The monoisotopic (exact) mass is 379 g/mol. The lowest BCUT2D eigenvalue weighted by molar-refractivity contribution is -0.167. The molecule has 2 amide bonds. The van der Waals surface area contributed by atoms with Gasteiger partial charge in [-0.25, -0.2) is 5.43 Å². The van der Waals surface area contributed by atoms with Crippen LogP contribution in [0.15, 0.2) is 59.7 Å². The molecule has 0 heterocycles. The van der Waals surface area contributed by atoms with E-state index >= 15 is 0 Å². The van der Waals surface area contributed by atoms with Crippen molar-refractivity contribution < 1.29 is 27.9 Å². The fourth-order valence-corrected chi connectivity index (χ4v) is 2.08. The van der Waals surface area contributed by atoms with E-state index in [9.17, 15) is 27.9 Å². The molecule has 0 fully saturated rings. The van der Waals surface area contributed by atoms with Gasteiger partial charge in [-0.15, -0.1) is 0 Å². The largest absolute Gasteiger partial charge is 0.471 e. The second-order valence-corrected chi connectivity index (χ2v) is 5.52. The highest BCUT2D eigenvalue weighted by Gasteiger charge is 2.38. The van der Waals surface area contributed by atoms with Gasteiger partial charge in [-0.3, -0.25) is 9.59 Å². The molecule has 0 bridgehead atoms. The summed E-state index contributed by atoms with van der Waals surface area (Å²) in [5, 5.41) is 15.5. The van der Waals surface area contributed by atoms with Crippen LogP contribution in [-0.4, -0.2) is 28.8 Å². The lowest BCUT2D eigenvalue weighted by Gasteiger charge is -2.11. The SMILES string of the molecule is CC(=NNC(=O)C(O)c1ccccc1)c1cccc(NC(=O)C(F)(F)F)c1. The summed E-state index contributed by atoms with van der Waals surface area (Å²) >= 11 is 0. The maximum atomic E-state index is 12.3. The van der Waals surface area contributed by atoms with Gasteiger partial charge in [0.25, 0.3) is 5.91 Å². The molecule has 0 aliphatic heterocycles. The molecule has 0 radical (unpaired) electrons. The number of aliphatic hydroxyl groups is 1. The van der Waals surface area contributed by atoms with E-state index < -0.39 is 24.1 Å². The topological polar surface area (TPSA) is 90.8 Å². The Morgan fingerprint density at radius 1 is 1.07 bits per heavy atom. The molecule has 0 aliphatic carbocycles. The van der Waals surface area contributed by atoms with E-state index in [1.165, 1.54) is 25.1 Å². The average Bonchev–Trinajstić information content (AvgIpc) is 2.65. The predicted molar refractivity (Wildman–Crippen MR) is 92.9 cm³/mol. The maximum absolute atomic E-state index is 12.3. The zero-order valence-electron chi connectivity index (χ0n) is 14.1. The number of nitrogens with zero attached hydrogens (tertiary/aromatic N) is 1. The number of aliphatic hydroxyl groups excluding tert-OH is 1. The Labute approximate surface area is 152 Å². The third-order valence-electron chi connectivity index (χ3n) is 3.49. The van der Waals surface area contributed by atoms with Crippen LogP contribution >= 0.6 is 0 Å². The van der Waals surface area contributed by atoms with Crippen molar-refractivity contribution in [3.8, 4) is 0 Å². The van der Waals surface area contributed by atoms with Crippen LogP contribution in [-0.2, 0) is 9.59 Å². The van der Waals surface area contributed by atoms with Crippen molar-refractivity contribution in [3.63, 3.8) is 0 Å². The second kappa shape index (κ2) is 8.45. The molecule has 0 saturated heterocycles. The highest BCUT2D eigenvalue weighted by atomic mass is 19.4. The molecular formula is C18H16F3N3O3. The number of carbonyl (C=O) groups is 2. The third kappa shape index (κ3) is 5.65. The normalized spacial score (nSPS) is 13.0. The molecule has 3 N–H and O–H groups in total. The van der Waals surface area contributed by atoms with Gasteiger partial charge < -0.3 is 10.4 Å². The second-order valence-electron chi connectivity index (χ2n) is 5.52. The van der Waals surface area contributed by atoms with Gasteiger partial charge >= 0.3 is 12.1 Å². The maximum Gasteiger partial charge on any atom is 0.471 e. The number of benzene rings is 2. The highest BCUT2D eigenvalue weighted by Crippen LogP contribution is 2.19. The Hall–Kier alpha value is -3.20. The first kappa shape index (κ1) is 20.1. The summed E-state index contributed by atoms with van der Waals surface area (Å²) in [7, 11) is 0. The van der Waals surface area contributed by atoms with Gasteiger partial charge in [0.05, 0.1) is 5.71 Å². The van der Waals surface area contributed by atoms with Crippen LogP contribution in [0.25, 0.3) is 0 Å². The quantitative estimate of drug-likeness (QED) is 0.551. The van der Waals surface area contributed by atoms with E-state index in [4.69, 9.17) is 0 Å². The van der Waals surface area contributed by atoms with Crippen LogP contribution in [0.3, 0.4) is 0 Å². The number of anilines is 1. The molecule has 142 valence electrons.